The van der Waals surface area contributed by atoms with Crippen molar-refractivity contribution in [2.24, 2.45) is 0 Å². The molecular weight excluding hydrogens is 352 g/mol. The Morgan fingerprint density at radius 1 is 0.741 bits per heavy atom. The van der Waals surface area contributed by atoms with Gasteiger partial charge in [0.2, 0.25) is 5.75 Å². The molecule has 0 aliphatic carbocycles. The first kappa shape index (κ1) is 16.7. The summed E-state index contributed by atoms with van der Waals surface area (Å²) in [6, 6.07) is 12.5. The summed E-state index contributed by atoms with van der Waals surface area (Å²) in [5.74, 6) is 1.42. The molecule has 0 fully saturated rings. The number of hydrogen-bond donors (Lipinski definition) is 0. The van der Waals surface area contributed by atoms with Crippen molar-refractivity contribution < 1.29 is 23.0 Å². The lowest BCUT2D eigenvalue weighted by atomic mass is 10.2. The molecule has 0 saturated carbocycles. The fraction of sp³-hybridized carbons (Fsp3) is 0.100. The van der Waals surface area contributed by atoms with Crippen LogP contribution in [0.5, 0.6) is 23.0 Å². The number of rotatable bonds is 4. The monoisotopic (exact) mass is 366 g/mol. The van der Waals surface area contributed by atoms with Gasteiger partial charge in [-0.25, -0.2) is 9.59 Å². The lowest BCUT2D eigenvalue weighted by Crippen LogP contribution is -1.99. The van der Waals surface area contributed by atoms with E-state index >= 15 is 0 Å². The predicted molar refractivity (Wildman–Crippen MR) is 98.1 cm³/mol. The normalized spacial score (nSPS) is 10.9. The fourth-order valence-corrected chi connectivity index (χ4v) is 2.81. The van der Waals surface area contributed by atoms with Crippen molar-refractivity contribution in [3.05, 3.63) is 69.4 Å². The van der Waals surface area contributed by atoms with Gasteiger partial charge in [-0.05, 0) is 24.3 Å². The largest absolute Gasteiger partial charge is 0.493 e. The second-order valence-electron chi connectivity index (χ2n) is 5.66. The van der Waals surface area contributed by atoms with Crippen LogP contribution in [0, 0.1) is 0 Å². The molecule has 0 saturated heterocycles. The summed E-state index contributed by atoms with van der Waals surface area (Å²) in [5.41, 5.74) is -0.265. The summed E-state index contributed by atoms with van der Waals surface area (Å²) in [6.45, 7) is 0. The van der Waals surface area contributed by atoms with Crippen LogP contribution in [0.15, 0.2) is 67.0 Å². The van der Waals surface area contributed by atoms with E-state index in [0.29, 0.717) is 39.6 Å². The van der Waals surface area contributed by atoms with Crippen molar-refractivity contribution in [2.45, 2.75) is 0 Å². The van der Waals surface area contributed by atoms with Gasteiger partial charge < -0.3 is 23.0 Å². The highest BCUT2D eigenvalue weighted by atomic mass is 16.5. The number of ether oxygens (including phenoxy) is 3. The van der Waals surface area contributed by atoms with Gasteiger partial charge in [-0.2, -0.15) is 0 Å². The Bertz CT molecular complexity index is 1270. The quantitative estimate of drug-likeness (QED) is 0.509. The molecule has 0 aliphatic heterocycles. The summed E-state index contributed by atoms with van der Waals surface area (Å²) < 4.78 is 27.2. The average molecular weight is 366 g/mol. The van der Waals surface area contributed by atoms with Crippen molar-refractivity contribution in [1.29, 1.82) is 0 Å². The standard InChI is InChI=1S/C20H14O7/c1-23-16-10-15-13(6-8-18(22)27-15)19(20(16)24-2)25-12-5-3-11-4-7-17(21)26-14(11)9-12/h3-10H,1-2H3. The van der Waals surface area contributed by atoms with Crippen LogP contribution in [0.1, 0.15) is 0 Å². The number of methoxy groups -OCH3 is 2. The second-order valence-corrected chi connectivity index (χ2v) is 5.66. The molecule has 2 aromatic heterocycles. The maximum absolute atomic E-state index is 11.6. The van der Waals surface area contributed by atoms with Crippen molar-refractivity contribution in [3.8, 4) is 23.0 Å². The molecule has 0 unspecified atom stereocenters. The molecule has 0 spiro atoms. The lowest BCUT2D eigenvalue weighted by Gasteiger charge is -2.15. The van der Waals surface area contributed by atoms with E-state index in [9.17, 15) is 9.59 Å². The van der Waals surface area contributed by atoms with Gasteiger partial charge in [-0.3, -0.25) is 0 Å². The van der Waals surface area contributed by atoms with Gasteiger partial charge >= 0.3 is 11.3 Å². The maximum atomic E-state index is 11.6. The molecule has 136 valence electrons. The lowest BCUT2D eigenvalue weighted by molar-refractivity contribution is 0.337. The second kappa shape index (κ2) is 6.53. The van der Waals surface area contributed by atoms with Crippen LogP contribution in [-0.2, 0) is 0 Å². The Labute approximate surface area is 152 Å². The summed E-state index contributed by atoms with van der Waals surface area (Å²) in [6.07, 6.45) is 0. The molecular formula is C20H14O7. The Hall–Kier alpha value is -3.74. The minimum Gasteiger partial charge on any atom is -0.493 e. The molecule has 0 amide bonds. The molecule has 0 N–H and O–H groups in total. The zero-order valence-electron chi connectivity index (χ0n) is 14.5. The number of benzene rings is 2. The van der Waals surface area contributed by atoms with Gasteiger partial charge in [0.25, 0.3) is 0 Å². The zero-order chi connectivity index (χ0) is 19.0. The molecule has 0 aliphatic rings. The van der Waals surface area contributed by atoms with Crippen LogP contribution >= 0.6 is 0 Å². The zero-order valence-corrected chi connectivity index (χ0v) is 14.5. The Morgan fingerprint density at radius 3 is 2.19 bits per heavy atom. The molecule has 0 bridgehead atoms. The minimum absolute atomic E-state index is 0.294. The average Bonchev–Trinajstić information content (AvgIpc) is 2.67. The topological polar surface area (TPSA) is 88.1 Å². The highest BCUT2D eigenvalue weighted by Gasteiger charge is 2.19. The van der Waals surface area contributed by atoms with Gasteiger partial charge in [0.1, 0.15) is 16.9 Å². The predicted octanol–water partition coefficient (Wildman–Crippen LogP) is 3.71. The van der Waals surface area contributed by atoms with Crippen molar-refractivity contribution in [2.75, 3.05) is 14.2 Å². The van der Waals surface area contributed by atoms with Crippen molar-refractivity contribution in [3.63, 3.8) is 0 Å². The van der Waals surface area contributed by atoms with Gasteiger partial charge in [0, 0.05) is 29.7 Å². The molecule has 7 nitrogen and oxygen atoms in total. The van der Waals surface area contributed by atoms with E-state index in [1.807, 2.05) is 0 Å². The molecule has 7 heteroatoms. The van der Waals surface area contributed by atoms with Crippen LogP contribution in [0.4, 0.5) is 0 Å². The van der Waals surface area contributed by atoms with E-state index in [-0.39, 0.29) is 0 Å². The highest BCUT2D eigenvalue weighted by Crippen LogP contribution is 2.45. The van der Waals surface area contributed by atoms with Crippen LogP contribution in [0.3, 0.4) is 0 Å². The summed E-state index contributed by atoms with van der Waals surface area (Å²) in [7, 11) is 2.95. The van der Waals surface area contributed by atoms with E-state index in [0.717, 1.165) is 5.39 Å². The Morgan fingerprint density at radius 2 is 1.44 bits per heavy atom. The maximum Gasteiger partial charge on any atom is 0.336 e. The van der Waals surface area contributed by atoms with E-state index in [4.69, 9.17) is 23.0 Å². The summed E-state index contributed by atoms with van der Waals surface area (Å²) >= 11 is 0. The van der Waals surface area contributed by atoms with Crippen molar-refractivity contribution in [1.82, 2.24) is 0 Å². The molecule has 2 heterocycles. The van der Waals surface area contributed by atoms with Crippen LogP contribution in [-0.4, -0.2) is 14.2 Å². The minimum atomic E-state index is -0.492. The summed E-state index contributed by atoms with van der Waals surface area (Å²) in [4.78, 5) is 23.0. The van der Waals surface area contributed by atoms with Gasteiger partial charge in [-0.15, -0.1) is 0 Å². The molecule has 27 heavy (non-hydrogen) atoms. The Kier molecular flexibility index (Phi) is 4.04. The van der Waals surface area contributed by atoms with E-state index < -0.39 is 11.3 Å². The molecule has 2 aromatic carbocycles. The fourth-order valence-electron chi connectivity index (χ4n) is 2.81. The molecule has 0 atom stereocenters. The first-order valence-corrected chi connectivity index (χ1v) is 7.99. The van der Waals surface area contributed by atoms with Crippen molar-refractivity contribution >= 4 is 21.9 Å². The van der Waals surface area contributed by atoms with E-state index in [1.54, 1.807) is 36.4 Å². The SMILES string of the molecule is COc1cc2oc(=O)ccc2c(Oc2ccc3ccc(=O)oc3c2)c1OC. The smallest absolute Gasteiger partial charge is 0.336 e. The van der Waals surface area contributed by atoms with Gasteiger partial charge in [0.05, 0.1) is 19.6 Å². The highest BCUT2D eigenvalue weighted by molar-refractivity contribution is 5.89. The molecule has 0 radical (unpaired) electrons. The molecule has 4 aromatic rings. The third-order valence-corrected chi connectivity index (χ3v) is 4.04. The first-order valence-electron chi connectivity index (χ1n) is 7.99. The third-order valence-electron chi connectivity index (χ3n) is 4.04. The van der Waals surface area contributed by atoms with E-state index in [2.05, 4.69) is 0 Å². The van der Waals surface area contributed by atoms with Crippen LogP contribution < -0.4 is 25.5 Å². The van der Waals surface area contributed by atoms with Crippen LogP contribution in [0.2, 0.25) is 0 Å². The van der Waals surface area contributed by atoms with Crippen LogP contribution in [0.25, 0.3) is 21.9 Å². The summed E-state index contributed by atoms with van der Waals surface area (Å²) in [5, 5.41) is 1.29. The third kappa shape index (κ3) is 2.99. The van der Waals surface area contributed by atoms with Gasteiger partial charge in [-0.1, -0.05) is 0 Å². The number of fused-ring (bicyclic) bond motifs is 2. The molecule has 4 rings (SSSR count). The first-order chi connectivity index (χ1) is 13.1. The van der Waals surface area contributed by atoms with Gasteiger partial charge in [0.15, 0.2) is 11.5 Å². The van der Waals surface area contributed by atoms with E-state index in [1.165, 1.54) is 26.4 Å². The number of hydrogen-bond acceptors (Lipinski definition) is 7. The Balaban J connectivity index is 1.92.